The maximum Gasteiger partial charge on any atom is 0.287 e. The molecule has 3 aromatic rings. The molecule has 0 bridgehead atoms. The van der Waals surface area contributed by atoms with Gasteiger partial charge in [0.15, 0.2) is 11.6 Å². The van der Waals surface area contributed by atoms with Crippen LogP contribution in [0.4, 0.5) is 0 Å². The van der Waals surface area contributed by atoms with E-state index in [0.717, 1.165) is 31.2 Å². The molecule has 1 fully saturated rings. The van der Waals surface area contributed by atoms with Gasteiger partial charge in [-0.1, -0.05) is 41.7 Å². The van der Waals surface area contributed by atoms with Gasteiger partial charge in [-0.15, -0.1) is 0 Å². The van der Waals surface area contributed by atoms with E-state index in [1.165, 1.54) is 0 Å². The molecule has 1 N–H and O–H groups in total. The molecule has 1 aromatic carbocycles. The number of hydrogen-bond donors (Lipinski definition) is 1. The predicted octanol–water partition coefficient (Wildman–Crippen LogP) is 4.49. The van der Waals surface area contributed by atoms with Crippen LogP contribution in [0, 0.1) is 6.92 Å². The topological polar surface area (TPSA) is 81.2 Å². The van der Waals surface area contributed by atoms with Crippen LogP contribution >= 0.6 is 11.6 Å². The lowest BCUT2D eigenvalue weighted by molar-refractivity contribution is 0.0864. The maximum absolute atomic E-state index is 12.8. The third-order valence-electron chi connectivity index (χ3n) is 4.73. The maximum atomic E-state index is 12.8. The van der Waals surface area contributed by atoms with Crippen LogP contribution in [0.5, 0.6) is 0 Å². The first kappa shape index (κ1) is 16.8. The lowest BCUT2D eigenvalue weighted by Gasteiger charge is -2.26. The number of carbonyl (C=O) groups is 1. The quantitative estimate of drug-likeness (QED) is 0.730. The van der Waals surface area contributed by atoms with Gasteiger partial charge in [-0.25, -0.2) is 0 Å². The first-order valence-electron chi connectivity index (χ1n) is 8.55. The largest absolute Gasteiger partial charge is 0.451 e. The zero-order valence-electron chi connectivity index (χ0n) is 14.3. The highest BCUT2D eigenvalue weighted by Crippen LogP contribution is 2.38. The molecule has 6 nitrogen and oxygen atoms in total. The summed E-state index contributed by atoms with van der Waals surface area (Å²) in [6.07, 6.45) is 3.54. The number of benzene rings is 1. The molecule has 134 valence electrons. The standard InChI is InChI=1S/C19H18ClN3O3/c1-12-21-18(23-26-12)19(10-4-5-11-19)22-17(24)16-9-8-15(25-16)13-6-2-3-7-14(13)20/h2-3,6-9H,4-5,10-11H2,1H3,(H,22,24). The number of halogens is 1. The van der Waals surface area contributed by atoms with Gasteiger partial charge in [-0.2, -0.15) is 4.98 Å². The van der Waals surface area contributed by atoms with Gasteiger partial charge < -0.3 is 14.3 Å². The van der Waals surface area contributed by atoms with Crippen LogP contribution in [-0.2, 0) is 5.54 Å². The summed E-state index contributed by atoms with van der Waals surface area (Å²) in [5.74, 6) is 1.49. The Hall–Kier alpha value is -2.60. The van der Waals surface area contributed by atoms with Crippen molar-refractivity contribution in [3.63, 3.8) is 0 Å². The van der Waals surface area contributed by atoms with Crippen LogP contribution < -0.4 is 5.32 Å². The minimum absolute atomic E-state index is 0.228. The Morgan fingerprint density at radius 2 is 1.96 bits per heavy atom. The predicted molar refractivity (Wildman–Crippen MR) is 95.8 cm³/mol. The normalized spacial score (nSPS) is 15.9. The zero-order valence-corrected chi connectivity index (χ0v) is 15.0. The van der Waals surface area contributed by atoms with Crippen molar-refractivity contribution < 1.29 is 13.7 Å². The molecule has 7 heteroatoms. The summed E-state index contributed by atoms with van der Waals surface area (Å²) in [6.45, 7) is 1.74. The molecule has 0 spiro atoms. The van der Waals surface area contributed by atoms with E-state index >= 15 is 0 Å². The molecule has 0 saturated heterocycles. The van der Waals surface area contributed by atoms with E-state index in [1.807, 2.05) is 18.2 Å². The second kappa shape index (κ2) is 6.61. The fraction of sp³-hybridized carbons (Fsp3) is 0.316. The van der Waals surface area contributed by atoms with Gasteiger partial charge in [0.2, 0.25) is 5.89 Å². The van der Waals surface area contributed by atoms with Gasteiger partial charge in [-0.3, -0.25) is 4.79 Å². The molecule has 1 aliphatic rings. The van der Waals surface area contributed by atoms with Crippen LogP contribution in [0.2, 0.25) is 5.02 Å². The number of amides is 1. The van der Waals surface area contributed by atoms with Crippen molar-refractivity contribution in [3.05, 3.63) is 58.9 Å². The van der Waals surface area contributed by atoms with E-state index in [-0.39, 0.29) is 11.7 Å². The minimum Gasteiger partial charge on any atom is -0.451 e. The lowest BCUT2D eigenvalue weighted by atomic mass is 9.96. The molecular formula is C19H18ClN3O3. The van der Waals surface area contributed by atoms with Crippen molar-refractivity contribution in [2.24, 2.45) is 0 Å². The van der Waals surface area contributed by atoms with Gasteiger partial charge in [0, 0.05) is 12.5 Å². The smallest absolute Gasteiger partial charge is 0.287 e. The number of rotatable bonds is 4. The van der Waals surface area contributed by atoms with Gasteiger partial charge in [0.05, 0.1) is 5.02 Å². The summed E-state index contributed by atoms with van der Waals surface area (Å²) in [5.41, 5.74) is 0.143. The van der Waals surface area contributed by atoms with Crippen molar-refractivity contribution in [1.82, 2.24) is 15.5 Å². The highest BCUT2D eigenvalue weighted by molar-refractivity contribution is 6.33. The summed E-state index contributed by atoms with van der Waals surface area (Å²) in [5, 5.41) is 7.67. The highest BCUT2D eigenvalue weighted by atomic mass is 35.5. The Balaban J connectivity index is 1.59. The molecule has 1 saturated carbocycles. The second-order valence-electron chi connectivity index (χ2n) is 6.52. The Bertz CT molecular complexity index is 941. The SMILES string of the molecule is Cc1nc(C2(NC(=O)c3ccc(-c4ccccc4Cl)o3)CCCC2)no1. The number of nitrogens with zero attached hydrogens (tertiary/aromatic N) is 2. The van der Waals surface area contributed by atoms with Crippen molar-refractivity contribution in [1.29, 1.82) is 0 Å². The van der Waals surface area contributed by atoms with Gasteiger partial charge >= 0.3 is 0 Å². The Morgan fingerprint density at radius 1 is 1.19 bits per heavy atom. The first-order chi connectivity index (χ1) is 12.6. The summed E-state index contributed by atoms with van der Waals surface area (Å²) in [4.78, 5) is 17.1. The second-order valence-corrected chi connectivity index (χ2v) is 6.93. The molecule has 2 aromatic heterocycles. The molecule has 0 atom stereocenters. The molecular weight excluding hydrogens is 354 g/mol. The number of hydrogen-bond acceptors (Lipinski definition) is 5. The van der Waals surface area contributed by atoms with Gasteiger partial charge in [0.1, 0.15) is 11.3 Å². The Morgan fingerprint density at radius 3 is 2.65 bits per heavy atom. The molecule has 0 unspecified atom stereocenters. The number of nitrogens with one attached hydrogen (secondary N) is 1. The van der Waals surface area contributed by atoms with Crippen molar-refractivity contribution in [2.75, 3.05) is 0 Å². The number of carbonyl (C=O) groups excluding carboxylic acids is 1. The third kappa shape index (κ3) is 3.01. The molecule has 1 aliphatic carbocycles. The van der Waals surface area contributed by atoms with Crippen molar-refractivity contribution in [3.8, 4) is 11.3 Å². The van der Waals surface area contributed by atoms with E-state index in [1.54, 1.807) is 25.1 Å². The minimum atomic E-state index is -0.605. The highest BCUT2D eigenvalue weighted by Gasteiger charge is 2.41. The fourth-order valence-corrected chi connectivity index (χ4v) is 3.65. The van der Waals surface area contributed by atoms with E-state index in [4.69, 9.17) is 20.5 Å². The summed E-state index contributed by atoms with van der Waals surface area (Å²) < 4.78 is 10.9. The number of aromatic nitrogens is 2. The van der Waals surface area contributed by atoms with Gasteiger partial charge in [-0.05, 0) is 37.1 Å². The molecule has 4 rings (SSSR count). The van der Waals surface area contributed by atoms with E-state index in [9.17, 15) is 4.79 Å². The average molecular weight is 372 g/mol. The van der Waals surface area contributed by atoms with Crippen molar-refractivity contribution >= 4 is 17.5 Å². The van der Waals surface area contributed by atoms with Crippen LogP contribution in [0.25, 0.3) is 11.3 Å². The Labute approximate surface area is 155 Å². The monoisotopic (exact) mass is 371 g/mol. The molecule has 26 heavy (non-hydrogen) atoms. The summed E-state index contributed by atoms with van der Waals surface area (Å²) in [6, 6.07) is 10.7. The zero-order chi connectivity index (χ0) is 18.1. The number of furan rings is 1. The summed E-state index contributed by atoms with van der Waals surface area (Å²) in [7, 11) is 0. The lowest BCUT2D eigenvalue weighted by Crippen LogP contribution is -2.44. The van der Waals surface area contributed by atoms with Crippen molar-refractivity contribution in [2.45, 2.75) is 38.1 Å². The molecule has 0 radical (unpaired) electrons. The average Bonchev–Trinajstić information content (AvgIpc) is 3.36. The van der Waals surface area contributed by atoms with Crippen LogP contribution in [-0.4, -0.2) is 16.0 Å². The molecule has 0 aliphatic heterocycles. The summed E-state index contributed by atoms with van der Waals surface area (Å²) >= 11 is 6.20. The van der Waals surface area contributed by atoms with Crippen LogP contribution in [0.15, 0.2) is 45.3 Å². The molecule has 1 amide bonds. The van der Waals surface area contributed by atoms with E-state index in [2.05, 4.69) is 15.5 Å². The molecule has 2 heterocycles. The van der Waals surface area contributed by atoms with Crippen LogP contribution in [0.3, 0.4) is 0 Å². The van der Waals surface area contributed by atoms with Gasteiger partial charge in [0.25, 0.3) is 5.91 Å². The third-order valence-corrected chi connectivity index (χ3v) is 5.06. The van der Waals surface area contributed by atoms with E-state index in [0.29, 0.717) is 22.5 Å². The Kier molecular flexibility index (Phi) is 4.28. The van der Waals surface area contributed by atoms with Crippen LogP contribution in [0.1, 0.15) is 48.0 Å². The fourth-order valence-electron chi connectivity index (χ4n) is 3.42. The number of aryl methyl sites for hydroxylation is 1. The van der Waals surface area contributed by atoms with E-state index < -0.39 is 5.54 Å². The first-order valence-corrected chi connectivity index (χ1v) is 8.93.